The van der Waals surface area contributed by atoms with Crippen LogP contribution < -0.4 is 0 Å². The summed E-state index contributed by atoms with van der Waals surface area (Å²) in [6, 6.07) is 9.86. The van der Waals surface area contributed by atoms with Crippen molar-refractivity contribution < 1.29 is 5.11 Å². The van der Waals surface area contributed by atoms with Crippen LogP contribution in [0.4, 0.5) is 0 Å². The largest absolute Gasteiger partial charge is 0.508 e. The zero-order chi connectivity index (χ0) is 14.8. The van der Waals surface area contributed by atoms with Gasteiger partial charge < -0.3 is 10.0 Å². The van der Waals surface area contributed by atoms with Gasteiger partial charge in [0.2, 0.25) is 0 Å². The third-order valence-electron chi connectivity index (χ3n) is 3.91. The summed E-state index contributed by atoms with van der Waals surface area (Å²) >= 11 is 0. The van der Waals surface area contributed by atoms with E-state index in [1.807, 2.05) is 18.3 Å². The van der Waals surface area contributed by atoms with Crippen LogP contribution in [0, 0.1) is 0 Å². The Morgan fingerprint density at radius 3 is 2.64 bits per heavy atom. The van der Waals surface area contributed by atoms with Gasteiger partial charge in [0, 0.05) is 30.1 Å². The van der Waals surface area contributed by atoms with Crippen molar-refractivity contribution in [3.63, 3.8) is 0 Å². The number of benzene rings is 1. The Labute approximate surface area is 137 Å². The number of nitrogens with zero attached hydrogens (tertiary/aromatic N) is 2. The molecule has 0 atom stereocenters. The van der Waals surface area contributed by atoms with Crippen molar-refractivity contribution in [1.29, 1.82) is 0 Å². The minimum absolute atomic E-state index is 0. The number of hydrogen-bond donors (Lipinski definition) is 1. The first-order valence-corrected chi connectivity index (χ1v) is 7.25. The van der Waals surface area contributed by atoms with Gasteiger partial charge in [-0.3, -0.25) is 4.98 Å². The summed E-state index contributed by atoms with van der Waals surface area (Å²) in [7, 11) is 4.18. The van der Waals surface area contributed by atoms with E-state index in [0.29, 0.717) is 5.75 Å². The molecule has 0 radical (unpaired) electrons. The van der Waals surface area contributed by atoms with Gasteiger partial charge in [-0.2, -0.15) is 0 Å². The number of hydrogen-bond acceptors (Lipinski definition) is 3. The molecule has 0 saturated carbocycles. The maximum Gasteiger partial charge on any atom is 0.119 e. The molecule has 0 amide bonds. The van der Waals surface area contributed by atoms with Crippen LogP contribution in [0.5, 0.6) is 5.75 Å². The predicted octanol–water partition coefficient (Wildman–Crippen LogP) is 3.52. The van der Waals surface area contributed by atoms with E-state index < -0.39 is 0 Å². The van der Waals surface area contributed by atoms with Gasteiger partial charge in [-0.1, -0.05) is 18.2 Å². The van der Waals surface area contributed by atoms with Gasteiger partial charge >= 0.3 is 0 Å². The number of aromatic nitrogens is 1. The van der Waals surface area contributed by atoms with E-state index in [2.05, 4.69) is 36.1 Å². The van der Waals surface area contributed by atoms with Crippen molar-refractivity contribution >= 4 is 18.0 Å². The molecule has 3 nitrogen and oxygen atoms in total. The van der Waals surface area contributed by atoms with Crippen LogP contribution in [-0.2, 0) is 6.42 Å². The van der Waals surface area contributed by atoms with E-state index in [0.717, 1.165) is 36.1 Å². The zero-order valence-electron chi connectivity index (χ0n) is 12.9. The van der Waals surface area contributed by atoms with Gasteiger partial charge in [0.05, 0.1) is 0 Å². The van der Waals surface area contributed by atoms with E-state index in [9.17, 15) is 5.11 Å². The molecule has 1 heterocycles. The van der Waals surface area contributed by atoms with Gasteiger partial charge in [0.15, 0.2) is 0 Å². The first-order valence-electron chi connectivity index (χ1n) is 7.25. The standard InChI is InChI=1S/C18H20N2O.ClH/c1-20(2)12-14-8-9-15-16(6-3-7-17(15)21)18(14)13-5-4-10-19-11-13;/h3-7,10-11,21H,8-9,12H2,1-2H3;1H. The molecule has 3 rings (SSSR count). The predicted molar refractivity (Wildman–Crippen MR) is 92.5 cm³/mol. The quantitative estimate of drug-likeness (QED) is 0.941. The molecule has 4 heteroatoms. The average molecular weight is 317 g/mol. The van der Waals surface area contributed by atoms with Crippen LogP contribution >= 0.6 is 12.4 Å². The van der Waals surface area contributed by atoms with Crippen LogP contribution in [0.1, 0.15) is 23.1 Å². The highest BCUT2D eigenvalue weighted by Gasteiger charge is 2.22. The molecule has 1 aromatic carbocycles. The molecule has 0 saturated heterocycles. The van der Waals surface area contributed by atoms with Gasteiger partial charge in [0.1, 0.15) is 5.75 Å². The first-order chi connectivity index (χ1) is 10.2. The Kier molecular flexibility index (Phi) is 5.22. The maximum atomic E-state index is 10.1. The summed E-state index contributed by atoms with van der Waals surface area (Å²) in [6.07, 6.45) is 5.58. The van der Waals surface area contributed by atoms with Crippen molar-refractivity contribution in [3.8, 4) is 5.75 Å². The summed E-state index contributed by atoms with van der Waals surface area (Å²) in [5.41, 5.74) is 5.96. The van der Waals surface area contributed by atoms with Gasteiger partial charge in [-0.15, -0.1) is 12.4 Å². The molecule has 1 N–H and O–H groups in total. The lowest BCUT2D eigenvalue weighted by Gasteiger charge is -2.26. The fourth-order valence-electron chi connectivity index (χ4n) is 3.07. The highest BCUT2D eigenvalue weighted by atomic mass is 35.5. The molecule has 0 unspecified atom stereocenters. The normalized spacial score (nSPS) is 13.8. The summed E-state index contributed by atoms with van der Waals surface area (Å²) in [4.78, 5) is 6.45. The Morgan fingerprint density at radius 1 is 1.14 bits per heavy atom. The maximum absolute atomic E-state index is 10.1. The first kappa shape index (κ1) is 16.5. The second kappa shape index (κ2) is 6.95. The van der Waals surface area contributed by atoms with Crippen molar-refractivity contribution in [1.82, 2.24) is 9.88 Å². The van der Waals surface area contributed by atoms with Gasteiger partial charge in [-0.05, 0) is 55.8 Å². The average Bonchev–Trinajstić information content (AvgIpc) is 2.47. The third kappa shape index (κ3) is 3.16. The van der Waals surface area contributed by atoms with Crippen LogP contribution in [0.25, 0.3) is 5.57 Å². The van der Waals surface area contributed by atoms with E-state index in [-0.39, 0.29) is 12.4 Å². The highest BCUT2D eigenvalue weighted by molar-refractivity contribution is 5.86. The smallest absolute Gasteiger partial charge is 0.119 e. The van der Waals surface area contributed by atoms with E-state index in [4.69, 9.17) is 0 Å². The van der Waals surface area contributed by atoms with Gasteiger partial charge in [-0.25, -0.2) is 0 Å². The molecule has 1 aliphatic rings. The summed E-state index contributed by atoms with van der Waals surface area (Å²) < 4.78 is 0. The molecule has 2 aromatic rings. The molecule has 0 bridgehead atoms. The Hall–Kier alpha value is -1.84. The molecule has 0 spiro atoms. The molecular formula is C18H21ClN2O. The number of phenolic OH excluding ortho intramolecular Hbond substituents is 1. The number of pyridine rings is 1. The van der Waals surface area contributed by atoms with Crippen molar-refractivity contribution in [2.75, 3.05) is 20.6 Å². The molecule has 116 valence electrons. The minimum atomic E-state index is 0. The topological polar surface area (TPSA) is 36.4 Å². The number of phenols is 1. The van der Waals surface area contributed by atoms with E-state index in [1.54, 1.807) is 12.3 Å². The lowest BCUT2D eigenvalue weighted by atomic mass is 9.82. The van der Waals surface area contributed by atoms with Crippen LogP contribution in [0.2, 0.25) is 0 Å². The summed E-state index contributed by atoms with van der Waals surface area (Å²) in [6.45, 7) is 0.930. The number of rotatable bonds is 3. The molecule has 1 aliphatic carbocycles. The summed E-state index contributed by atoms with van der Waals surface area (Å²) in [5.74, 6) is 0.401. The lowest BCUT2D eigenvalue weighted by molar-refractivity contribution is 0.437. The molecular weight excluding hydrogens is 296 g/mol. The highest BCUT2D eigenvalue weighted by Crippen LogP contribution is 2.39. The fourth-order valence-corrected chi connectivity index (χ4v) is 3.07. The second-order valence-corrected chi connectivity index (χ2v) is 5.76. The minimum Gasteiger partial charge on any atom is -0.508 e. The number of fused-ring (bicyclic) bond motifs is 1. The van der Waals surface area contributed by atoms with Crippen molar-refractivity contribution in [3.05, 3.63) is 65.0 Å². The number of likely N-dealkylation sites (N-methyl/N-ethyl adjacent to an activating group) is 1. The Bertz CT molecular complexity index is 681. The number of aromatic hydroxyl groups is 1. The van der Waals surface area contributed by atoms with Crippen molar-refractivity contribution in [2.45, 2.75) is 12.8 Å². The molecule has 0 aliphatic heterocycles. The molecule has 22 heavy (non-hydrogen) atoms. The van der Waals surface area contributed by atoms with E-state index in [1.165, 1.54) is 11.1 Å². The Morgan fingerprint density at radius 2 is 1.95 bits per heavy atom. The zero-order valence-corrected chi connectivity index (χ0v) is 13.7. The van der Waals surface area contributed by atoms with Crippen LogP contribution in [0.3, 0.4) is 0 Å². The van der Waals surface area contributed by atoms with Crippen molar-refractivity contribution in [2.24, 2.45) is 0 Å². The Balaban J connectivity index is 0.00000176. The summed E-state index contributed by atoms with van der Waals surface area (Å²) in [5, 5.41) is 10.1. The second-order valence-electron chi connectivity index (χ2n) is 5.76. The lowest BCUT2D eigenvalue weighted by Crippen LogP contribution is -2.19. The van der Waals surface area contributed by atoms with Crippen LogP contribution in [-0.4, -0.2) is 35.6 Å². The van der Waals surface area contributed by atoms with E-state index >= 15 is 0 Å². The fraction of sp³-hybridized carbons (Fsp3) is 0.278. The monoisotopic (exact) mass is 316 g/mol. The molecule has 0 fully saturated rings. The molecule has 1 aromatic heterocycles. The SMILES string of the molecule is CN(C)CC1=C(c2cccnc2)c2cccc(O)c2CC1.Cl. The number of halogens is 1. The van der Waals surface area contributed by atoms with Crippen LogP contribution in [0.15, 0.2) is 48.3 Å². The third-order valence-corrected chi connectivity index (χ3v) is 3.91. The van der Waals surface area contributed by atoms with Gasteiger partial charge in [0.25, 0.3) is 0 Å².